The summed E-state index contributed by atoms with van der Waals surface area (Å²) < 4.78 is 5.38. The van der Waals surface area contributed by atoms with Crippen LogP contribution in [-0.2, 0) is 4.74 Å². The van der Waals surface area contributed by atoms with Gasteiger partial charge in [-0.25, -0.2) is 4.98 Å². The van der Waals surface area contributed by atoms with Gasteiger partial charge in [-0.2, -0.15) is 5.26 Å². The zero-order valence-corrected chi connectivity index (χ0v) is 14.6. The van der Waals surface area contributed by atoms with Gasteiger partial charge in [0.25, 0.3) is 0 Å². The van der Waals surface area contributed by atoms with E-state index in [2.05, 4.69) is 36.0 Å². The number of anilines is 3. The normalized spacial score (nSPS) is 17.9. The number of ether oxygens (including phenoxy) is 1. The van der Waals surface area contributed by atoms with E-state index in [1.807, 2.05) is 18.2 Å². The minimum atomic E-state index is 0.621. The summed E-state index contributed by atoms with van der Waals surface area (Å²) in [7, 11) is 0. The van der Waals surface area contributed by atoms with E-state index in [4.69, 9.17) is 4.74 Å². The second-order valence-electron chi connectivity index (χ2n) is 6.31. The third kappa shape index (κ3) is 3.39. The van der Waals surface area contributed by atoms with Crippen LogP contribution in [0.1, 0.15) is 5.56 Å². The minimum Gasteiger partial charge on any atom is -0.378 e. The molecule has 8 nitrogen and oxygen atoms in total. The van der Waals surface area contributed by atoms with Crippen molar-refractivity contribution in [2.45, 2.75) is 0 Å². The number of hydrogen-bond acceptors (Lipinski definition) is 8. The molecule has 0 radical (unpaired) electrons. The van der Waals surface area contributed by atoms with Crippen LogP contribution in [0.25, 0.3) is 0 Å². The molecule has 2 saturated heterocycles. The van der Waals surface area contributed by atoms with Crippen LogP contribution in [0.4, 0.5) is 17.5 Å². The van der Waals surface area contributed by atoms with Crippen LogP contribution in [-0.4, -0.2) is 67.7 Å². The van der Waals surface area contributed by atoms with Gasteiger partial charge in [0.15, 0.2) is 11.6 Å². The molecule has 0 atom stereocenters. The van der Waals surface area contributed by atoms with Crippen LogP contribution >= 0.6 is 0 Å². The molecule has 134 valence electrons. The first-order valence-electron chi connectivity index (χ1n) is 8.86. The second-order valence-corrected chi connectivity index (χ2v) is 6.31. The summed E-state index contributed by atoms with van der Waals surface area (Å²) in [6.07, 6.45) is 1.73. The Hall–Kier alpha value is -2.92. The second kappa shape index (κ2) is 7.54. The summed E-state index contributed by atoms with van der Waals surface area (Å²) in [5.41, 5.74) is 0.621. The highest BCUT2D eigenvalue weighted by atomic mass is 16.5. The first-order chi connectivity index (χ1) is 12.8. The lowest BCUT2D eigenvalue weighted by molar-refractivity contribution is 0.122. The van der Waals surface area contributed by atoms with Crippen molar-refractivity contribution in [3.63, 3.8) is 0 Å². The average molecular weight is 351 g/mol. The fraction of sp³-hybridized carbons (Fsp3) is 0.444. The first kappa shape index (κ1) is 16.5. The number of aromatic nitrogens is 3. The molecule has 0 spiro atoms. The molecule has 0 unspecified atom stereocenters. The number of pyridine rings is 1. The Morgan fingerprint density at radius 1 is 0.846 bits per heavy atom. The Morgan fingerprint density at radius 3 is 2.08 bits per heavy atom. The Kier molecular flexibility index (Phi) is 4.80. The summed E-state index contributed by atoms with van der Waals surface area (Å²) in [6, 6.07) is 9.90. The third-order valence-electron chi connectivity index (χ3n) is 4.78. The van der Waals surface area contributed by atoms with E-state index in [0.29, 0.717) is 5.56 Å². The topological polar surface area (TPSA) is 81.4 Å². The molecule has 4 heterocycles. The van der Waals surface area contributed by atoms with Gasteiger partial charge in [-0.3, -0.25) is 0 Å². The summed E-state index contributed by atoms with van der Waals surface area (Å²) in [4.78, 5) is 11.0. The molecule has 2 aliphatic rings. The van der Waals surface area contributed by atoms with Gasteiger partial charge >= 0.3 is 0 Å². The van der Waals surface area contributed by atoms with Gasteiger partial charge in [0.05, 0.1) is 18.8 Å². The predicted molar refractivity (Wildman–Crippen MR) is 98.4 cm³/mol. The Morgan fingerprint density at radius 2 is 1.46 bits per heavy atom. The van der Waals surface area contributed by atoms with E-state index in [0.717, 1.165) is 69.9 Å². The molecule has 4 rings (SSSR count). The molecular formula is C18H21N7O. The highest BCUT2D eigenvalue weighted by Crippen LogP contribution is 2.21. The number of nitrogens with zero attached hydrogens (tertiary/aromatic N) is 7. The summed E-state index contributed by atoms with van der Waals surface area (Å²) in [5.74, 6) is 2.56. The molecule has 2 aromatic rings. The van der Waals surface area contributed by atoms with Crippen molar-refractivity contribution in [1.29, 1.82) is 5.26 Å². The van der Waals surface area contributed by atoms with Crippen LogP contribution in [0.2, 0.25) is 0 Å². The van der Waals surface area contributed by atoms with E-state index in [1.54, 1.807) is 12.3 Å². The molecule has 2 fully saturated rings. The largest absolute Gasteiger partial charge is 0.378 e. The van der Waals surface area contributed by atoms with Crippen molar-refractivity contribution >= 4 is 17.5 Å². The SMILES string of the molecule is N#Cc1cccnc1N1CCN(c2ccc(N3CCOCC3)nn2)CC1. The minimum absolute atomic E-state index is 0.621. The van der Waals surface area contributed by atoms with Gasteiger partial charge in [-0.1, -0.05) is 0 Å². The molecular weight excluding hydrogens is 330 g/mol. The maximum atomic E-state index is 9.26. The smallest absolute Gasteiger partial charge is 0.151 e. The van der Waals surface area contributed by atoms with Crippen LogP contribution in [0.5, 0.6) is 0 Å². The van der Waals surface area contributed by atoms with Crippen molar-refractivity contribution in [1.82, 2.24) is 15.2 Å². The molecule has 0 aromatic carbocycles. The third-order valence-corrected chi connectivity index (χ3v) is 4.78. The van der Waals surface area contributed by atoms with Gasteiger partial charge in [-0.05, 0) is 24.3 Å². The van der Waals surface area contributed by atoms with Crippen molar-refractivity contribution in [2.24, 2.45) is 0 Å². The van der Waals surface area contributed by atoms with Crippen LogP contribution in [0, 0.1) is 11.3 Å². The standard InChI is InChI=1S/C18H21N7O/c19-14-15-2-1-5-20-18(15)25-8-6-23(7-9-25)16-3-4-17(22-21-16)24-10-12-26-13-11-24/h1-5H,6-13H2. The van der Waals surface area contributed by atoms with Gasteiger partial charge < -0.3 is 19.4 Å². The fourth-order valence-corrected chi connectivity index (χ4v) is 3.33. The molecule has 0 N–H and O–H groups in total. The van der Waals surface area contributed by atoms with Gasteiger partial charge in [0.1, 0.15) is 11.9 Å². The number of rotatable bonds is 3. The van der Waals surface area contributed by atoms with Crippen molar-refractivity contribution in [3.05, 3.63) is 36.0 Å². The summed E-state index contributed by atoms with van der Waals surface area (Å²) in [6.45, 7) is 6.46. The summed E-state index contributed by atoms with van der Waals surface area (Å²) >= 11 is 0. The number of piperazine rings is 1. The maximum absolute atomic E-state index is 9.26. The maximum Gasteiger partial charge on any atom is 0.151 e. The number of morpholine rings is 1. The molecule has 0 saturated carbocycles. The highest BCUT2D eigenvalue weighted by Gasteiger charge is 2.21. The fourth-order valence-electron chi connectivity index (χ4n) is 3.33. The van der Waals surface area contributed by atoms with E-state index >= 15 is 0 Å². The quantitative estimate of drug-likeness (QED) is 0.807. The number of nitriles is 1. The first-order valence-corrected chi connectivity index (χ1v) is 8.86. The molecule has 0 amide bonds. The van der Waals surface area contributed by atoms with E-state index in [-0.39, 0.29) is 0 Å². The lowest BCUT2D eigenvalue weighted by Gasteiger charge is -2.36. The molecule has 8 heteroatoms. The van der Waals surface area contributed by atoms with Crippen LogP contribution in [0.15, 0.2) is 30.5 Å². The van der Waals surface area contributed by atoms with Crippen LogP contribution < -0.4 is 14.7 Å². The van der Waals surface area contributed by atoms with Crippen molar-refractivity contribution < 1.29 is 4.74 Å². The lowest BCUT2D eigenvalue weighted by Crippen LogP contribution is -2.47. The Balaban J connectivity index is 1.39. The van der Waals surface area contributed by atoms with E-state index in [9.17, 15) is 5.26 Å². The van der Waals surface area contributed by atoms with Crippen molar-refractivity contribution in [3.8, 4) is 6.07 Å². The molecule has 2 aromatic heterocycles. The van der Waals surface area contributed by atoms with E-state index < -0.39 is 0 Å². The number of hydrogen-bond donors (Lipinski definition) is 0. The molecule has 0 bridgehead atoms. The predicted octanol–water partition coefficient (Wildman–Crippen LogP) is 0.906. The zero-order chi connectivity index (χ0) is 17.8. The van der Waals surface area contributed by atoms with Crippen LogP contribution in [0.3, 0.4) is 0 Å². The Bertz CT molecular complexity index is 775. The monoisotopic (exact) mass is 351 g/mol. The van der Waals surface area contributed by atoms with Gasteiger partial charge in [0, 0.05) is 45.5 Å². The van der Waals surface area contributed by atoms with Crippen molar-refractivity contribution in [2.75, 3.05) is 67.2 Å². The zero-order valence-electron chi connectivity index (χ0n) is 14.6. The average Bonchev–Trinajstić information content (AvgIpc) is 2.74. The molecule has 26 heavy (non-hydrogen) atoms. The van der Waals surface area contributed by atoms with E-state index in [1.165, 1.54) is 0 Å². The van der Waals surface area contributed by atoms with Gasteiger partial charge in [-0.15, -0.1) is 10.2 Å². The van der Waals surface area contributed by atoms with Gasteiger partial charge in [0.2, 0.25) is 0 Å². The lowest BCUT2D eigenvalue weighted by atomic mass is 10.2. The highest BCUT2D eigenvalue weighted by molar-refractivity contribution is 5.55. The summed E-state index contributed by atoms with van der Waals surface area (Å²) in [5, 5.41) is 18.1. The molecule has 0 aliphatic carbocycles. The Labute approximate surface area is 152 Å². The molecule has 2 aliphatic heterocycles.